The van der Waals surface area contributed by atoms with Crippen LogP contribution in [0.5, 0.6) is 0 Å². The number of fused-ring (bicyclic) bond motifs is 1. The summed E-state index contributed by atoms with van der Waals surface area (Å²) in [4.78, 5) is 27.9. The number of amides is 1. The number of carbonyl (C=O) groups excluding carboxylic acids is 1. The van der Waals surface area contributed by atoms with E-state index in [1.54, 1.807) is 12.3 Å². The van der Waals surface area contributed by atoms with Crippen molar-refractivity contribution < 1.29 is 15.8 Å². The number of likely N-dealkylation sites (tertiary alicyclic amines) is 1. The summed E-state index contributed by atoms with van der Waals surface area (Å²) in [6.45, 7) is -1.66. The Bertz CT molecular complexity index is 1040. The lowest BCUT2D eigenvalue weighted by Crippen LogP contribution is -2.53. The molecule has 0 bridgehead atoms. The van der Waals surface area contributed by atoms with Gasteiger partial charge in [-0.05, 0) is 18.4 Å². The van der Waals surface area contributed by atoms with E-state index in [2.05, 4.69) is 19.8 Å². The van der Waals surface area contributed by atoms with Crippen LogP contribution in [0.2, 0.25) is 0 Å². The van der Waals surface area contributed by atoms with Gasteiger partial charge in [-0.25, -0.2) is 16.5 Å². The van der Waals surface area contributed by atoms with Gasteiger partial charge in [0.15, 0.2) is 0 Å². The Balaban J connectivity index is 2.15. The summed E-state index contributed by atoms with van der Waals surface area (Å²) in [7, 11) is 1.41. The predicted molar refractivity (Wildman–Crippen MR) is 87.9 cm³/mol. The Hall–Kier alpha value is -2.62. The van der Waals surface area contributed by atoms with Gasteiger partial charge in [-0.15, -0.1) is 0 Å². The van der Waals surface area contributed by atoms with Crippen LogP contribution >= 0.6 is 0 Å². The second-order valence-electron chi connectivity index (χ2n) is 5.15. The lowest BCUT2D eigenvalue weighted by atomic mass is 9.92. The summed E-state index contributed by atoms with van der Waals surface area (Å²) in [5, 5.41) is 0.429. The van der Waals surface area contributed by atoms with Crippen LogP contribution in [0.25, 0.3) is 15.9 Å². The first-order valence-electron chi connectivity index (χ1n) is 11.0. The first-order chi connectivity index (χ1) is 14.2. The summed E-state index contributed by atoms with van der Waals surface area (Å²) in [5.41, 5.74) is 0.306. The first-order valence-corrected chi connectivity index (χ1v) is 6.97. The summed E-state index contributed by atoms with van der Waals surface area (Å²) >= 11 is 0. The zero-order valence-electron chi connectivity index (χ0n) is 20.4. The van der Waals surface area contributed by atoms with Crippen molar-refractivity contribution in [2.24, 2.45) is 5.92 Å². The quantitative estimate of drug-likeness (QED) is 0.871. The molecular formula is C16H20N6O. The Morgan fingerprint density at radius 3 is 3.43 bits per heavy atom. The molecule has 1 aliphatic rings. The third-order valence-electron chi connectivity index (χ3n) is 3.76. The Labute approximate surface area is 146 Å². The number of rotatable bonds is 3. The minimum atomic E-state index is -2.99. The van der Waals surface area contributed by atoms with Crippen LogP contribution < -0.4 is 4.90 Å². The largest absolute Gasteiger partial charge is 0.354 e. The first kappa shape index (κ1) is 8.29. The van der Waals surface area contributed by atoms with Gasteiger partial charge in [-0.2, -0.15) is 0 Å². The maximum absolute atomic E-state index is 12.6. The Morgan fingerprint density at radius 1 is 1.78 bits per heavy atom. The van der Waals surface area contributed by atoms with E-state index in [0.717, 1.165) is 0 Å². The zero-order valence-corrected chi connectivity index (χ0v) is 12.4. The molecule has 0 aromatic carbocycles. The highest BCUT2D eigenvalue weighted by atomic mass is 16.2. The highest BCUT2D eigenvalue weighted by Crippen LogP contribution is 2.28. The average molecular weight is 320 g/mol. The fraction of sp³-hybridized carbons (Fsp3) is 0.500. The van der Waals surface area contributed by atoms with Crippen LogP contribution in [-0.2, 0) is 4.79 Å². The van der Waals surface area contributed by atoms with E-state index in [0.29, 0.717) is 15.9 Å². The molecule has 0 aliphatic carbocycles. The normalized spacial score (nSPS) is 29.7. The maximum Gasteiger partial charge on any atom is 0.302 e. The molecule has 3 rings (SSSR count). The Morgan fingerprint density at radius 2 is 2.65 bits per heavy atom. The third kappa shape index (κ3) is 2.84. The molecule has 23 heavy (non-hydrogen) atoms. The molecule has 7 nitrogen and oxygen atoms in total. The number of hydrogen-bond donors (Lipinski definition) is 1. The van der Waals surface area contributed by atoms with Crippen LogP contribution in [-0.4, -0.2) is 58.4 Å². The molecule has 1 saturated heterocycles. The molecule has 0 saturated carbocycles. The molecule has 1 fully saturated rings. The molecule has 120 valence electrons. The molecule has 1 amide bonds. The van der Waals surface area contributed by atoms with Gasteiger partial charge in [0.1, 0.15) is 21.9 Å². The van der Waals surface area contributed by atoms with Gasteiger partial charge in [-0.1, -0.05) is 6.85 Å². The fourth-order valence-electron chi connectivity index (χ4n) is 2.58. The lowest BCUT2D eigenvalue weighted by Gasteiger charge is -2.41. The van der Waals surface area contributed by atoms with Crippen LogP contribution in [0.1, 0.15) is 24.2 Å². The SMILES string of the molecule is [2H]c1nc(N(C)[C@@H]2[C@H](C([2H])([2H])[2H])CCN(C(=O)C([2H])([2H])[N+]#[C-])C2([2H])[2H])c2cc[nH]c2n1. The van der Waals surface area contributed by atoms with Crippen LogP contribution in [0.3, 0.4) is 0 Å². The monoisotopic (exact) mass is 320 g/mol. The van der Waals surface area contributed by atoms with Gasteiger partial charge in [0.2, 0.25) is 0 Å². The highest BCUT2D eigenvalue weighted by molar-refractivity contribution is 5.87. The molecular weight excluding hydrogens is 292 g/mol. The van der Waals surface area contributed by atoms with Crippen molar-refractivity contribution in [3.8, 4) is 0 Å². The molecule has 1 aliphatic heterocycles. The van der Waals surface area contributed by atoms with E-state index in [4.69, 9.17) is 17.5 Å². The number of carbonyl (C=O) groups is 1. The molecule has 0 spiro atoms. The summed E-state index contributed by atoms with van der Waals surface area (Å²) in [6, 6.07) is 0.135. The van der Waals surface area contributed by atoms with E-state index >= 15 is 0 Å². The fourth-order valence-corrected chi connectivity index (χ4v) is 2.58. The maximum atomic E-state index is 12.6. The zero-order chi connectivity index (χ0) is 23.4. The topological polar surface area (TPSA) is 69.5 Å². The van der Waals surface area contributed by atoms with Crippen molar-refractivity contribution in [3.63, 3.8) is 0 Å². The number of H-pyrrole nitrogens is 1. The number of nitrogens with one attached hydrogen (secondary N) is 1. The van der Waals surface area contributed by atoms with Crippen LogP contribution in [0.15, 0.2) is 18.6 Å². The standard InChI is InChI=1S/C16H20N6O/c1-11-5-7-22(14(23)8-17-2)9-13(11)21(3)16-12-4-6-18-15(12)19-10-20-16/h4,6,10-11,13H,5,7-9H2,1,3H3,(H,18,19,20)/t11-,13+/m1/s1/i1D3,8D2,9D2,10D. The second kappa shape index (κ2) is 6.24. The van der Waals surface area contributed by atoms with Gasteiger partial charge in [0.25, 0.3) is 6.50 Å². The van der Waals surface area contributed by atoms with Gasteiger partial charge in [0.05, 0.1) is 14.2 Å². The van der Waals surface area contributed by atoms with Gasteiger partial charge < -0.3 is 19.6 Å². The van der Waals surface area contributed by atoms with Crippen molar-refractivity contribution >= 4 is 22.8 Å². The van der Waals surface area contributed by atoms with Crippen molar-refractivity contribution in [2.45, 2.75) is 19.3 Å². The molecule has 2 aromatic rings. The van der Waals surface area contributed by atoms with Gasteiger partial charge in [-0.3, -0.25) is 4.79 Å². The average Bonchev–Trinajstić information content (AvgIpc) is 3.12. The van der Waals surface area contributed by atoms with Gasteiger partial charge in [0, 0.05) is 30.4 Å². The number of aromatic nitrogens is 3. The third-order valence-corrected chi connectivity index (χ3v) is 3.76. The van der Waals surface area contributed by atoms with E-state index in [1.807, 2.05) is 0 Å². The van der Waals surface area contributed by atoms with Crippen molar-refractivity contribution in [2.75, 3.05) is 31.5 Å². The second-order valence-corrected chi connectivity index (χ2v) is 5.15. The summed E-state index contributed by atoms with van der Waals surface area (Å²) < 4.78 is 64.1. The number of anilines is 1. The van der Waals surface area contributed by atoms with E-state index in [1.165, 1.54) is 11.9 Å². The predicted octanol–water partition coefficient (Wildman–Crippen LogP) is 1.55. The highest BCUT2D eigenvalue weighted by Gasteiger charge is 2.33. The minimum Gasteiger partial charge on any atom is -0.354 e. The molecule has 7 heteroatoms. The van der Waals surface area contributed by atoms with Gasteiger partial charge >= 0.3 is 5.91 Å². The minimum absolute atomic E-state index is 0.0989. The molecule has 2 aromatic heterocycles. The number of aromatic amines is 1. The van der Waals surface area contributed by atoms with Crippen molar-refractivity contribution in [1.82, 2.24) is 19.9 Å². The smallest absolute Gasteiger partial charge is 0.302 e. The van der Waals surface area contributed by atoms with Crippen molar-refractivity contribution in [1.29, 1.82) is 0 Å². The molecule has 0 unspecified atom stereocenters. The Kier molecular flexibility index (Phi) is 2.25. The number of nitrogens with zero attached hydrogens (tertiary/aromatic N) is 5. The number of hydrogen-bond acceptors (Lipinski definition) is 4. The van der Waals surface area contributed by atoms with Crippen molar-refractivity contribution in [3.05, 3.63) is 30.0 Å². The summed E-state index contributed by atoms with van der Waals surface area (Å²) in [5.74, 6) is -2.50. The van der Waals surface area contributed by atoms with E-state index in [9.17, 15) is 4.79 Å². The number of likely N-dealkylation sites (N-methyl/N-ethyl adjacent to an activating group) is 1. The van der Waals surface area contributed by atoms with E-state index in [-0.39, 0.29) is 25.1 Å². The number of piperidine rings is 1. The summed E-state index contributed by atoms with van der Waals surface area (Å²) in [6.07, 6.45) is 1.04. The molecule has 1 N–H and O–H groups in total. The van der Waals surface area contributed by atoms with Crippen LogP contribution in [0.4, 0.5) is 5.82 Å². The molecule has 2 atom stereocenters. The van der Waals surface area contributed by atoms with Crippen LogP contribution in [0, 0.1) is 12.5 Å². The molecule has 0 radical (unpaired) electrons. The molecule has 3 heterocycles. The lowest BCUT2D eigenvalue weighted by molar-refractivity contribution is -0.130. The van der Waals surface area contributed by atoms with E-state index < -0.39 is 37.7 Å².